The normalized spacial score (nSPS) is 28.0. The maximum Gasteiger partial charge on any atom is 0.251 e. The molecule has 4 heterocycles. The molecule has 1 aliphatic carbocycles. The molecule has 9 heteroatoms. The highest BCUT2D eigenvalue weighted by molar-refractivity contribution is 7.13. The van der Waals surface area contributed by atoms with Crippen LogP contribution < -0.4 is 4.90 Å². The number of carbonyl (C=O) groups is 1. The predicted molar refractivity (Wildman–Crippen MR) is 87.6 cm³/mol. The van der Waals surface area contributed by atoms with Crippen molar-refractivity contribution >= 4 is 22.4 Å². The third kappa shape index (κ3) is 2.07. The Morgan fingerprint density at radius 1 is 1.21 bits per heavy atom. The average Bonchev–Trinajstić information content (AvgIpc) is 3.01. The van der Waals surface area contributed by atoms with Crippen molar-refractivity contribution in [3.05, 3.63) is 17.9 Å². The molecular formula is C15H19N7OS. The minimum atomic E-state index is -0.477. The van der Waals surface area contributed by atoms with Gasteiger partial charge in [0.15, 0.2) is 0 Å². The van der Waals surface area contributed by atoms with Crippen molar-refractivity contribution in [1.82, 2.24) is 30.1 Å². The van der Waals surface area contributed by atoms with Crippen molar-refractivity contribution in [2.24, 2.45) is 0 Å². The first-order valence-electron chi connectivity index (χ1n) is 8.49. The summed E-state index contributed by atoms with van der Waals surface area (Å²) in [5.74, 6) is 0.236. The zero-order valence-electron chi connectivity index (χ0n) is 13.3. The predicted octanol–water partition coefficient (Wildman–Crippen LogP) is 0.889. The largest absolute Gasteiger partial charge is 0.345 e. The lowest BCUT2D eigenvalue weighted by molar-refractivity contribution is -0.139. The summed E-state index contributed by atoms with van der Waals surface area (Å²) in [6.45, 7) is 1.79. The first kappa shape index (κ1) is 14.3. The summed E-state index contributed by atoms with van der Waals surface area (Å²) in [5.41, 5.74) is 1.29. The summed E-state index contributed by atoms with van der Waals surface area (Å²) in [6, 6.07) is 0.594. The van der Waals surface area contributed by atoms with E-state index in [1.165, 1.54) is 0 Å². The lowest BCUT2D eigenvalue weighted by atomic mass is 10.1. The molecule has 2 aromatic rings. The fourth-order valence-electron chi connectivity index (χ4n) is 4.22. The van der Waals surface area contributed by atoms with Gasteiger partial charge in [0, 0.05) is 31.4 Å². The van der Waals surface area contributed by atoms with E-state index < -0.39 is 5.54 Å². The van der Waals surface area contributed by atoms with Crippen molar-refractivity contribution in [1.29, 1.82) is 0 Å². The number of nitrogens with zero attached hydrogens (tertiary/aromatic N) is 7. The van der Waals surface area contributed by atoms with Gasteiger partial charge < -0.3 is 9.80 Å². The van der Waals surface area contributed by atoms with Crippen LogP contribution >= 0.6 is 11.3 Å². The Labute approximate surface area is 143 Å². The van der Waals surface area contributed by atoms with E-state index in [0.717, 1.165) is 50.3 Å². The third-order valence-corrected chi connectivity index (χ3v) is 6.37. The smallest absolute Gasteiger partial charge is 0.251 e. The maximum absolute atomic E-state index is 13.4. The van der Waals surface area contributed by atoms with Crippen molar-refractivity contribution < 1.29 is 4.79 Å². The number of rotatable bonds is 3. The van der Waals surface area contributed by atoms with Crippen LogP contribution in [0, 0.1) is 0 Å². The molecular weight excluding hydrogens is 326 g/mol. The van der Waals surface area contributed by atoms with Crippen molar-refractivity contribution in [3.63, 3.8) is 0 Å². The lowest BCUT2D eigenvalue weighted by Gasteiger charge is -2.32. The zero-order chi connectivity index (χ0) is 16.1. The fourth-order valence-corrected chi connectivity index (χ4v) is 4.82. The van der Waals surface area contributed by atoms with E-state index in [4.69, 9.17) is 0 Å². The van der Waals surface area contributed by atoms with Gasteiger partial charge in [0.25, 0.3) is 5.91 Å². The number of amides is 1. The second-order valence-electron chi connectivity index (χ2n) is 6.93. The van der Waals surface area contributed by atoms with Crippen molar-refractivity contribution in [3.8, 4) is 0 Å². The van der Waals surface area contributed by atoms with Crippen LogP contribution in [-0.2, 0) is 10.3 Å². The Balaban J connectivity index is 1.41. The molecule has 2 aliphatic heterocycles. The molecule has 0 radical (unpaired) electrons. The minimum absolute atomic E-state index is 0.236. The summed E-state index contributed by atoms with van der Waals surface area (Å²) in [6.07, 6.45) is 8.37. The molecule has 1 saturated carbocycles. The molecule has 0 N–H and O–H groups in total. The molecule has 8 nitrogen and oxygen atoms in total. The lowest BCUT2D eigenvalue weighted by Crippen LogP contribution is -2.49. The van der Waals surface area contributed by atoms with Crippen LogP contribution in [0.5, 0.6) is 0 Å². The fraction of sp³-hybridized carbons (Fsp3) is 0.667. The first-order valence-corrected chi connectivity index (χ1v) is 9.36. The minimum Gasteiger partial charge on any atom is -0.345 e. The number of aromatic nitrogens is 5. The molecule has 0 aromatic carbocycles. The van der Waals surface area contributed by atoms with E-state index in [2.05, 4.69) is 30.3 Å². The van der Waals surface area contributed by atoms with E-state index in [9.17, 15) is 4.79 Å². The molecule has 2 aromatic heterocycles. The molecule has 3 fully saturated rings. The number of hydrogen-bond acceptors (Lipinski definition) is 7. The summed E-state index contributed by atoms with van der Waals surface area (Å²) >= 11 is 1.57. The molecule has 5 rings (SSSR count). The second-order valence-corrected chi connectivity index (χ2v) is 7.74. The van der Waals surface area contributed by atoms with Gasteiger partial charge in [-0.05, 0) is 32.1 Å². The van der Waals surface area contributed by atoms with E-state index in [1.807, 2.05) is 6.20 Å². The zero-order valence-corrected chi connectivity index (χ0v) is 14.1. The number of hydrogen-bond donors (Lipinski definition) is 0. The van der Waals surface area contributed by atoms with Crippen LogP contribution in [-0.4, -0.2) is 61.2 Å². The highest BCUT2D eigenvalue weighted by atomic mass is 32.1. The SMILES string of the molecule is O=C(N1C2CCC1CN(c1nncs1)CC2)C1(n2ccnn2)CC1. The van der Waals surface area contributed by atoms with Gasteiger partial charge in [0.1, 0.15) is 11.0 Å². The van der Waals surface area contributed by atoms with Gasteiger partial charge >= 0.3 is 0 Å². The highest BCUT2D eigenvalue weighted by Gasteiger charge is 2.57. The molecule has 2 bridgehead atoms. The van der Waals surface area contributed by atoms with Crippen LogP contribution in [0.4, 0.5) is 5.13 Å². The Morgan fingerprint density at radius 2 is 2.08 bits per heavy atom. The Bertz CT molecular complexity index is 727. The molecule has 2 saturated heterocycles. The van der Waals surface area contributed by atoms with E-state index >= 15 is 0 Å². The molecule has 3 aliphatic rings. The van der Waals surface area contributed by atoms with Crippen LogP contribution in [0.1, 0.15) is 32.1 Å². The van der Waals surface area contributed by atoms with Gasteiger partial charge in [-0.3, -0.25) is 4.79 Å². The maximum atomic E-state index is 13.4. The molecule has 2 atom stereocenters. The first-order chi connectivity index (χ1) is 11.8. The monoisotopic (exact) mass is 345 g/mol. The van der Waals surface area contributed by atoms with Crippen molar-refractivity contribution in [2.75, 3.05) is 18.0 Å². The van der Waals surface area contributed by atoms with Crippen molar-refractivity contribution in [2.45, 2.75) is 49.7 Å². The Morgan fingerprint density at radius 3 is 2.79 bits per heavy atom. The van der Waals surface area contributed by atoms with Gasteiger partial charge in [0.2, 0.25) is 5.13 Å². The van der Waals surface area contributed by atoms with Gasteiger partial charge in [-0.2, -0.15) is 0 Å². The van der Waals surface area contributed by atoms with Crippen LogP contribution in [0.25, 0.3) is 0 Å². The topological polar surface area (TPSA) is 80.0 Å². The average molecular weight is 345 g/mol. The summed E-state index contributed by atoms with van der Waals surface area (Å²) < 4.78 is 1.77. The number of anilines is 1. The standard InChI is InChI=1S/C15H19N7OS/c23-13(15(4-5-15)21-8-6-16-19-21)22-11-1-2-12(22)9-20(7-3-11)14-18-17-10-24-14/h6,8,10-12H,1-5,7,9H2. The summed E-state index contributed by atoms with van der Waals surface area (Å²) in [7, 11) is 0. The Kier molecular flexibility index (Phi) is 3.12. The molecule has 2 unspecified atom stereocenters. The van der Waals surface area contributed by atoms with E-state index in [-0.39, 0.29) is 11.9 Å². The van der Waals surface area contributed by atoms with Crippen LogP contribution in [0.15, 0.2) is 17.9 Å². The Hall–Kier alpha value is -2.03. The quantitative estimate of drug-likeness (QED) is 0.822. The summed E-state index contributed by atoms with van der Waals surface area (Å²) in [4.78, 5) is 17.8. The van der Waals surface area contributed by atoms with Gasteiger partial charge in [0.05, 0.1) is 6.20 Å². The summed E-state index contributed by atoms with van der Waals surface area (Å²) in [5, 5.41) is 17.1. The van der Waals surface area contributed by atoms with Gasteiger partial charge in [-0.1, -0.05) is 16.6 Å². The van der Waals surface area contributed by atoms with E-state index in [0.29, 0.717) is 6.04 Å². The van der Waals surface area contributed by atoms with Gasteiger partial charge in [-0.15, -0.1) is 15.3 Å². The molecule has 126 valence electrons. The molecule has 0 spiro atoms. The third-order valence-electron chi connectivity index (χ3n) is 5.62. The van der Waals surface area contributed by atoms with Crippen LogP contribution in [0.2, 0.25) is 0 Å². The number of carbonyl (C=O) groups excluding carboxylic acids is 1. The highest BCUT2D eigenvalue weighted by Crippen LogP contribution is 2.47. The number of fused-ring (bicyclic) bond motifs is 2. The molecule has 1 amide bonds. The molecule has 24 heavy (non-hydrogen) atoms. The second kappa shape index (κ2) is 5.23. The van der Waals surface area contributed by atoms with E-state index in [1.54, 1.807) is 27.7 Å². The van der Waals surface area contributed by atoms with Gasteiger partial charge in [-0.25, -0.2) is 4.68 Å². The van der Waals surface area contributed by atoms with Crippen LogP contribution in [0.3, 0.4) is 0 Å².